The van der Waals surface area contributed by atoms with Gasteiger partial charge in [0.2, 0.25) is 4.80 Å². The van der Waals surface area contributed by atoms with Crippen molar-refractivity contribution in [2.24, 2.45) is 4.99 Å². The van der Waals surface area contributed by atoms with Gasteiger partial charge in [-0.05, 0) is 5.75 Å². The minimum atomic E-state index is -0.405. The van der Waals surface area contributed by atoms with Crippen molar-refractivity contribution in [3.63, 3.8) is 0 Å². The quantitative estimate of drug-likeness (QED) is 0.798. The van der Waals surface area contributed by atoms with Gasteiger partial charge in [-0.3, -0.25) is 4.79 Å². The molecule has 0 atom stereocenters. The SMILES string of the molecule is CCSC(=O)n1nc(C(C)(C)C)sc1=NC(=O)N(C)C. The van der Waals surface area contributed by atoms with Gasteiger partial charge in [0.15, 0.2) is 0 Å². The summed E-state index contributed by atoms with van der Waals surface area (Å²) in [7, 11) is 3.23. The van der Waals surface area contributed by atoms with Crippen molar-refractivity contribution in [2.45, 2.75) is 33.1 Å². The summed E-state index contributed by atoms with van der Waals surface area (Å²) in [5, 5.41) is 4.87. The Morgan fingerprint density at radius 3 is 2.45 bits per heavy atom. The third-order valence-corrected chi connectivity index (χ3v) is 4.26. The molecule has 0 unspecified atom stereocenters. The van der Waals surface area contributed by atoms with E-state index in [1.54, 1.807) is 14.1 Å². The fourth-order valence-corrected chi connectivity index (χ4v) is 2.63. The molecule has 6 nitrogen and oxygen atoms in total. The Morgan fingerprint density at radius 2 is 2.00 bits per heavy atom. The smallest absolute Gasteiger partial charge is 0.329 e. The maximum Gasteiger partial charge on any atom is 0.345 e. The molecule has 0 N–H and O–H groups in total. The highest BCUT2D eigenvalue weighted by molar-refractivity contribution is 8.13. The highest BCUT2D eigenvalue weighted by atomic mass is 32.2. The number of thioether (sulfide) groups is 1. The fourth-order valence-electron chi connectivity index (χ4n) is 1.14. The normalized spacial score (nSPS) is 12.6. The number of hydrogen-bond acceptors (Lipinski definition) is 5. The van der Waals surface area contributed by atoms with Gasteiger partial charge in [-0.2, -0.15) is 14.8 Å². The second kappa shape index (κ2) is 6.53. The van der Waals surface area contributed by atoms with Crippen LogP contribution in [0.15, 0.2) is 4.99 Å². The first-order chi connectivity index (χ1) is 9.16. The molecule has 1 aromatic rings. The van der Waals surface area contributed by atoms with E-state index in [9.17, 15) is 9.59 Å². The van der Waals surface area contributed by atoms with Gasteiger partial charge in [-0.25, -0.2) is 4.79 Å². The number of rotatable bonds is 1. The van der Waals surface area contributed by atoms with E-state index in [0.29, 0.717) is 10.6 Å². The number of urea groups is 1. The van der Waals surface area contributed by atoms with Gasteiger partial charge in [-0.15, -0.1) is 0 Å². The number of carbonyl (C=O) groups is 2. The highest BCUT2D eigenvalue weighted by Crippen LogP contribution is 2.22. The summed E-state index contributed by atoms with van der Waals surface area (Å²) in [5.74, 6) is 0.648. The van der Waals surface area contributed by atoms with E-state index in [1.165, 1.54) is 20.9 Å². The van der Waals surface area contributed by atoms with Crippen molar-refractivity contribution in [1.82, 2.24) is 14.7 Å². The van der Waals surface area contributed by atoms with E-state index >= 15 is 0 Å². The Kier molecular flexibility index (Phi) is 5.52. The van der Waals surface area contributed by atoms with Crippen molar-refractivity contribution in [2.75, 3.05) is 19.8 Å². The first kappa shape index (κ1) is 16.9. The lowest BCUT2D eigenvalue weighted by Gasteiger charge is -2.12. The molecule has 0 spiro atoms. The second-order valence-electron chi connectivity index (χ2n) is 5.34. The zero-order chi connectivity index (χ0) is 15.5. The van der Waals surface area contributed by atoms with Crippen molar-refractivity contribution < 1.29 is 9.59 Å². The van der Waals surface area contributed by atoms with Crippen LogP contribution in [0.2, 0.25) is 0 Å². The molecular weight excluding hydrogens is 296 g/mol. The molecule has 2 amide bonds. The van der Waals surface area contributed by atoms with E-state index < -0.39 is 6.03 Å². The van der Waals surface area contributed by atoms with Gasteiger partial charge in [0.25, 0.3) is 0 Å². The van der Waals surface area contributed by atoms with Gasteiger partial charge in [-0.1, -0.05) is 50.8 Å². The van der Waals surface area contributed by atoms with Crippen LogP contribution in [0, 0.1) is 0 Å². The first-order valence-electron chi connectivity index (χ1n) is 6.20. The van der Waals surface area contributed by atoms with Crippen LogP contribution in [0.3, 0.4) is 0 Å². The molecule has 0 aliphatic heterocycles. The predicted octanol–water partition coefficient (Wildman–Crippen LogP) is 2.55. The first-order valence-corrected chi connectivity index (χ1v) is 8.00. The standard InChI is InChI=1S/C12H20N4O2S2/c1-7-19-11(18)16-10(13-9(17)15(5)6)20-8(14-16)12(2,3)4/h7H2,1-6H3. The summed E-state index contributed by atoms with van der Waals surface area (Å²) in [6.07, 6.45) is 0. The topological polar surface area (TPSA) is 67.6 Å². The maximum absolute atomic E-state index is 12.0. The van der Waals surface area contributed by atoms with E-state index in [0.717, 1.165) is 16.8 Å². The van der Waals surface area contributed by atoms with Crippen LogP contribution in [0.1, 0.15) is 32.7 Å². The molecule has 1 rings (SSSR count). The molecule has 0 aliphatic rings. The van der Waals surface area contributed by atoms with Crippen LogP contribution in [-0.4, -0.2) is 45.8 Å². The summed E-state index contributed by atoms with van der Waals surface area (Å²) in [6.45, 7) is 7.91. The van der Waals surface area contributed by atoms with Crippen LogP contribution in [0.25, 0.3) is 0 Å². The third kappa shape index (κ3) is 4.17. The number of hydrogen-bond donors (Lipinski definition) is 0. The van der Waals surface area contributed by atoms with Gasteiger partial charge >= 0.3 is 11.3 Å². The zero-order valence-corrected chi connectivity index (χ0v) is 14.3. The lowest BCUT2D eigenvalue weighted by molar-refractivity contribution is 0.226. The highest BCUT2D eigenvalue weighted by Gasteiger charge is 2.22. The number of amides is 2. The summed E-state index contributed by atoms with van der Waals surface area (Å²) < 4.78 is 1.22. The molecule has 20 heavy (non-hydrogen) atoms. The lowest BCUT2D eigenvalue weighted by Crippen LogP contribution is -2.26. The van der Waals surface area contributed by atoms with E-state index in [2.05, 4.69) is 10.1 Å². The molecule has 0 saturated heterocycles. The summed E-state index contributed by atoms with van der Waals surface area (Å²) in [4.78, 5) is 29.4. The zero-order valence-electron chi connectivity index (χ0n) is 12.6. The molecule has 0 aliphatic carbocycles. The van der Waals surface area contributed by atoms with Crippen molar-refractivity contribution >= 4 is 34.4 Å². The molecule has 8 heteroatoms. The Bertz CT molecular complexity index is 567. The third-order valence-electron chi connectivity index (χ3n) is 2.22. The number of aromatic nitrogens is 2. The van der Waals surface area contributed by atoms with Gasteiger partial charge < -0.3 is 4.90 Å². The monoisotopic (exact) mass is 316 g/mol. The van der Waals surface area contributed by atoms with E-state index in [-0.39, 0.29) is 10.7 Å². The largest absolute Gasteiger partial charge is 0.345 e. The van der Waals surface area contributed by atoms with Crippen LogP contribution in [0.4, 0.5) is 9.59 Å². The van der Waals surface area contributed by atoms with Crippen LogP contribution in [0.5, 0.6) is 0 Å². The van der Waals surface area contributed by atoms with Gasteiger partial charge in [0, 0.05) is 19.5 Å². The summed E-state index contributed by atoms with van der Waals surface area (Å²) >= 11 is 2.41. The lowest BCUT2D eigenvalue weighted by atomic mass is 9.98. The van der Waals surface area contributed by atoms with Crippen LogP contribution in [-0.2, 0) is 5.41 Å². The molecule has 0 saturated carbocycles. The average molecular weight is 316 g/mol. The van der Waals surface area contributed by atoms with Crippen molar-refractivity contribution in [3.05, 3.63) is 9.81 Å². The Hall–Kier alpha value is -1.15. The maximum atomic E-state index is 12.0. The van der Waals surface area contributed by atoms with Crippen LogP contribution < -0.4 is 4.80 Å². The molecule has 0 fully saturated rings. The molecular formula is C12H20N4O2S2. The van der Waals surface area contributed by atoms with Crippen molar-refractivity contribution in [3.8, 4) is 0 Å². The average Bonchev–Trinajstić information content (AvgIpc) is 2.72. The summed E-state index contributed by atoms with van der Waals surface area (Å²) in [6, 6.07) is -0.405. The molecule has 1 heterocycles. The van der Waals surface area contributed by atoms with Crippen molar-refractivity contribution in [1.29, 1.82) is 0 Å². The summed E-state index contributed by atoms with van der Waals surface area (Å²) in [5.41, 5.74) is -0.196. The minimum absolute atomic E-state index is 0.196. The molecule has 0 aromatic carbocycles. The Balaban J connectivity index is 3.37. The fraction of sp³-hybridized carbons (Fsp3) is 0.667. The van der Waals surface area contributed by atoms with E-state index in [1.807, 2.05) is 27.7 Å². The number of nitrogens with zero attached hydrogens (tertiary/aromatic N) is 4. The van der Waals surface area contributed by atoms with E-state index in [4.69, 9.17) is 0 Å². The predicted molar refractivity (Wildman–Crippen MR) is 82.4 cm³/mol. The van der Waals surface area contributed by atoms with Crippen LogP contribution >= 0.6 is 23.1 Å². The Morgan fingerprint density at radius 1 is 1.40 bits per heavy atom. The molecule has 112 valence electrons. The van der Waals surface area contributed by atoms with Gasteiger partial charge in [0.05, 0.1) is 0 Å². The minimum Gasteiger partial charge on any atom is -0.329 e. The second-order valence-corrected chi connectivity index (χ2v) is 7.51. The molecule has 1 aromatic heterocycles. The Labute approximate surface area is 126 Å². The number of carbonyl (C=O) groups excluding carboxylic acids is 2. The molecule has 0 radical (unpaired) electrons. The molecule has 0 bridgehead atoms. The van der Waals surface area contributed by atoms with Gasteiger partial charge in [0.1, 0.15) is 5.01 Å².